The van der Waals surface area contributed by atoms with E-state index in [9.17, 15) is 0 Å². The number of nitrogens with zero attached hydrogens (tertiary/aromatic N) is 1. The molecule has 1 aromatic carbocycles. The van der Waals surface area contributed by atoms with Crippen LogP contribution in [0.2, 0.25) is 10.0 Å². The van der Waals surface area contributed by atoms with Crippen LogP contribution < -0.4 is 0 Å². The fraction of sp³-hybridized carbons (Fsp3) is 0. The normalized spacial score (nSPS) is 10.7. The first-order valence-electron chi connectivity index (χ1n) is 2.96. The number of oxazole rings is 1. The second-order valence-electron chi connectivity index (χ2n) is 2.06. The van der Waals surface area contributed by atoms with Gasteiger partial charge in [-0.05, 0) is 12.1 Å². The van der Waals surface area contributed by atoms with Crippen molar-refractivity contribution in [2.24, 2.45) is 0 Å². The smallest absolute Gasteiger partial charge is 0.182 e. The molecule has 0 saturated carbocycles. The Morgan fingerprint density at radius 2 is 1.91 bits per heavy atom. The summed E-state index contributed by atoms with van der Waals surface area (Å²) in [5.41, 5.74) is 1.15. The highest BCUT2D eigenvalue weighted by atomic mass is 35.5. The molecule has 0 saturated heterocycles. The highest BCUT2D eigenvalue weighted by molar-refractivity contribution is 6.39. The van der Waals surface area contributed by atoms with Gasteiger partial charge in [0.25, 0.3) is 0 Å². The monoisotopic (exact) mass is 187 g/mol. The zero-order valence-corrected chi connectivity index (χ0v) is 6.86. The van der Waals surface area contributed by atoms with Crippen LogP contribution in [-0.2, 0) is 0 Å². The Balaban J connectivity index is 2.96. The molecule has 1 heterocycles. The standard InChI is InChI=1S/C7H3Cl2NO/c8-4-1-2-5(9)7-6(4)10-3-11-7/h1-3H. The fourth-order valence-corrected chi connectivity index (χ4v) is 1.28. The van der Waals surface area contributed by atoms with E-state index in [0.29, 0.717) is 21.1 Å². The second-order valence-corrected chi connectivity index (χ2v) is 2.87. The average molecular weight is 188 g/mol. The summed E-state index contributed by atoms with van der Waals surface area (Å²) >= 11 is 11.6. The van der Waals surface area contributed by atoms with Gasteiger partial charge in [0.15, 0.2) is 12.0 Å². The first kappa shape index (κ1) is 6.95. The maximum Gasteiger partial charge on any atom is 0.182 e. The molecule has 0 unspecified atom stereocenters. The zero-order chi connectivity index (χ0) is 7.84. The molecule has 0 fully saturated rings. The summed E-state index contributed by atoms with van der Waals surface area (Å²) in [6.45, 7) is 0. The maximum absolute atomic E-state index is 5.79. The van der Waals surface area contributed by atoms with Crippen molar-refractivity contribution in [3.63, 3.8) is 0 Å². The molecule has 11 heavy (non-hydrogen) atoms. The third-order valence-corrected chi connectivity index (χ3v) is 1.99. The lowest BCUT2D eigenvalue weighted by atomic mass is 10.3. The zero-order valence-electron chi connectivity index (χ0n) is 5.34. The molecule has 0 spiro atoms. The van der Waals surface area contributed by atoms with Gasteiger partial charge in [0.05, 0.1) is 10.0 Å². The minimum atomic E-state index is 0.530. The largest absolute Gasteiger partial charge is 0.442 e. The molecular weight excluding hydrogens is 185 g/mol. The van der Waals surface area contributed by atoms with Crippen molar-refractivity contribution in [2.45, 2.75) is 0 Å². The Kier molecular flexibility index (Phi) is 1.51. The average Bonchev–Trinajstić information content (AvgIpc) is 2.45. The van der Waals surface area contributed by atoms with Crippen LogP contribution in [0.25, 0.3) is 11.1 Å². The summed E-state index contributed by atoms with van der Waals surface area (Å²) in [7, 11) is 0. The number of rotatable bonds is 0. The molecule has 2 nitrogen and oxygen atoms in total. The summed E-state index contributed by atoms with van der Waals surface area (Å²) in [5.74, 6) is 0. The predicted octanol–water partition coefficient (Wildman–Crippen LogP) is 3.13. The van der Waals surface area contributed by atoms with E-state index in [2.05, 4.69) is 4.98 Å². The first-order valence-corrected chi connectivity index (χ1v) is 3.72. The van der Waals surface area contributed by atoms with Crippen LogP contribution in [0.5, 0.6) is 0 Å². The molecule has 0 aliphatic heterocycles. The minimum Gasteiger partial charge on any atom is -0.442 e. The van der Waals surface area contributed by atoms with Crippen molar-refractivity contribution in [2.75, 3.05) is 0 Å². The Hall–Kier alpha value is -0.730. The van der Waals surface area contributed by atoms with E-state index < -0.39 is 0 Å². The van der Waals surface area contributed by atoms with E-state index in [1.54, 1.807) is 12.1 Å². The SMILES string of the molecule is Clc1ccc(Cl)c2ocnc12. The minimum absolute atomic E-state index is 0.530. The molecule has 0 atom stereocenters. The molecule has 56 valence electrons. The lowest BCUT2D eigenvalue weighted by Gasteiger charge is -1.91. The number of hydrogen-bond donors (Lipinski definition) is 0. The van der Waals surface area contributed by atoms with Gasteiger partial charge in [0.1, 0.15) is 5.52 Å². The van der Waals surface area contributed by atoms with Crippen molar-refractivity contribution in [3.8, 4) is 0 Å². The van der Waals surface area contributed by atoms with E-state index in [-0.39, 0.29) is 0 Å². The number of hydrogen-bond acceptors (Lipinski definition) is 2. The highest BCUT2D eigenvalue weighted by Gasteiger charge is 2.06. The predicted molar refractivity (Wildman–Crippen MR) is 44.0 cm³/mol. The molecule has 0 aliphatic rings. The summed E-state index contributed by atoms with van der Waals surface area (Å²) in [6.07, 6.45) is 1.32. The van der Waals surface area contributed by atoms with Gasteiger partial charge in [-0.25, -0.2) is 4.98 Å². The van der Waals surface area contributed by atoms with Gasteiger partial charge >= 0.3 is 0 Å². The Labute approximate surface area is 72.7 Å². The van der Waals surface area contributed by atoms with Crippen molar-refractivity contribution in [1.29, 1.82) is 0 Å². The van der Waals surface area contributed by atoms with Crippen molar-refractivity contribution < 1.29 is 4.42 Å². The molecular formula is C7H3Cl2NO. The Bertz CT molecular complexity index is 360. The lowest BCUT2D eigenvalue weighted by Crippen LogP contribution is -1.70. The number of benzene rings is 1. The van der Waals surface area contributed by atoms with E-state index >= 15 is 0 Å². The molecule has 0 amide bonds. The van der Waals surface area contributed by atoms with Crippen molar-refractivity contribution >= 4 is 34.3 Å². The molecule has 0 radical (unpaired) electrons. The second kappa shape index (κ2) is 2.40. The van der Waals surface area contributed by atoms with Crippen LogP contribution in [0.4, 0.5) is 0 Å². The van der Waals surface area contributed by atoms with E-state index in [4.69, 9.17) is 27.6 Å². The van der Waals surface area contributed by atoms with Gasteiger partial charge < -0.3 is 4.42 Å². The van der Waals surface area contributed by atoms with Crippen LogP contribution in [0, 0.1) is 0 Å². The summed E-state index contributed by atoms with van der Waals surface area (Å²) in [6, 6.07) is 3.37. The number of halogens is 2. The van der Waals surface area contributed by atoms with Crippen LogP contribution in [0.1, 0.15) is 0 Å². The van der Waals surface area contributed by atoms with Gasteiger partial charge in [0.2, 0.25) is 0 Å². The van der Waals surface area contributed by atoms with Crippen molar-refractivity contribution in [1.82, 2.24) is 4.98 Å². The quantitative estimate of drug-likeness (QED) is 0.634. The molecule has 1 aromatic heterocycles. The number of aromatic nitrogens is 1. The first-order chi connectivity index (χ1) is 5.29. The van der Waals surface area contributed by atoms with Crippen molar-refractivity contribution in [3.05, 3.63) is 28.6 Å². The Morgan fingerprint density at radius 3 is 2.64 bits per heavy atom. The lowest BCUT2D eigenvalue weighted by molar-refractivity contribution is 0.602. The maximum atomic E-state index is 5.79. The van der Waals surface area contributed by atoms with Crippen LogP contribution in [0.3, 0.4) is 0 Å². The van der Waals surface area contributed by atoms with E-state index in [1.165, 1.54) is 6.39 Å². The molecule has 2 rings (SSSR count). The van der Waals surface area contributed by atoms with E-state index in [0.717, 1.165) is 0 Å². The summed E-state index contributed by atoms with van der Waals surface area (Å²) < 4.78 is 5.00. The highest BCUT2D eigenvalue weighted by Crippen LogP contribution is 2.27. The third-order valence-electron chi connectivity index (χ3n) is 1.39. The third kappa shape index (κ3) is 0.988. The summed E-state index contributed by atoms with van der Waals surface area (Å²) in [5, 5.41) is 1.08. The molecule has 0 N–H and O–H groups in total. The van der Waals surface area contributed by atoms with Gasteiger partial charge in [0, 0.05) is 0 Å². The van der Waals surface area contributed by atoms with Gasteiger partial charge in [-0.2, -0.15) is 0 Å². The molecule has 0 aliphatic carbocycles. The van der Waals surface area contributed by atoms with Gasteiger partial charge in [-0.1, -0.05) is 23.2 Å². The van der Waals surface area contributed by atoms with Gasteiger partial charge in [-0.3, -0.25) is 0 Å². The van der Waals surface area contributed by atoms with Crippen LogP contribution in [0.15, 0.2) is 22.9 Å². The fourth-order valence-electron chi connectivity index (χ4n) is 0.887. The topological polar surface area (TPSA) is 26.0 Å². The summed E-state index contributed by atoms with van der Waals surface area (Å²) in [4.78, 5) is 3.90. The molecule has 4 heteroatoms. The van der Waals surface area contributed by atoms with Crippen LogP contribution >= 0.6 is 23.2 Å². The number of fused-ring (bicyclic) bond motifs is 1. The Morgan fingerprint density at radius 1 is 1.18 bits per heavy atom. The van der Waals surface area contributed by atoms with E-state index in [1.807, 2.05) is 0 Å². The molecule has 2 aromatic rings. The van der Waals surface area contributed by atoms with Crippen LogP contribution in [-0.4, -0.2) is 4.98 Å². The molecule has 0 bridgehead atoms. The van der Waals surface area contributed by atoms with Gasteiger partial charge in [-0.15, -0.1) is 0 Å².